The van der Waals surface area contributed by atoms with E-state index in [1.165, 1.54) is 17.1 Å². The number of carbonyl (C=O) groups excluding carboxylic acids is 1. The van der Waals surface area contributed by atoms with E-state index in [1.54, 1.807) is 11.6 Å². The first-order chi connectivity index (χ1) is 10.4. The molecular formula is C13H18N6O3. The second-order valence-electron chi connectivity index (χ2n) is 5.21. The lowest BCUT2D eigenvalue weighted by atomic mass is 10.1. The van der Waals surface area contributed by atoms with E-state index in [9.17, 15) is 14.9 Å². The Balaban J connectivity index is 1.88. The van der Waals surface area contributed by atoms with Gasteiger partial charge in [-0.25, -0.2) is 0 Å². The highest BCUT2D eigenvalue weighted by molar-refractivity contribution is 5.78. The van der Waals surface area contributed by atoms with Crippen molar-refractivity contribution in [2.24, 2.45) is 13.0 Å². The molecule has 0 bridgehead atoms. The molecule has 0 aliphatic heterocycles. The summed E-state index contributed by atoms with van der Waals surface area (Å²) in [5, 5.41) is 21.5. The Kier molecular flexibility index (Phi) is 4.54. The first-order valence-electron chi connectivity index (χ1n) is 6.80. The molecule has 1 unspecified atom stereocenters. The number of aromatic nitrogens is 4. The van der Waals surface area contributed by atoms with Crippen LogP contribution in [0.2, 0.25) is 0 Å². The average Bonchev–Trinajstić information content (AvgIpc) is 3.02. The van der Waals surface area contributed by atoms with Gasteiger partial charge in [0.15, 0.2) is 0 Å². The maximum absolute atomic E-state index is 12.1. The molecule has 0 spiro atoms. The molecular weight excluding hydrogens is 288 g/mol. The van der Waals surface area contributed by atoms with Gasteiger partial charge in [0.1, 0.15) is 12.4 Å². The molecule has 9 nitrogen and oxygen atoms in total. The van der Waals surface area contributed by atoms with Crippen molar-refractivity contribution in [2.45, 2.75) is 26.9 Å². The minimum atomic E-state index is -0.514. The van der Waals surface area contributed by atoms with E-state index in [0.717, 1.165) is 11.3 Å². The summed E-state index contributed by atoms with van der Waals surface area (Å²) in [5.74, 6) is -0.488. The predicted octanol–water partition coefficient (Wildman–Crippen LogP) is 0.786. The topological polar surface area (TPSA) is 108 Å². The van der Waals surface area contributed by atoms with Crippen LogP contribution in [0.1, 0.15) is 18.2 Å². The molecule has 118 valence electrons. The molecule has 2 aromatic rings. The first kappa shape index (κ1) is 15.7. The number of hydrogen-bond donors (Lipinski definition) is 1. The predicted molar refractivity (Wildman–Crippen MR) is 77.8 cm³/mol. The van der Waals surface area contributed by atoms with Crippen molar-refractivity contribution in [1.29, 1.82) is 0 Å². The van der Waals surface area contributed by atoms with Crippen molar-refractivity contribution in [3.05, 3.63) is 40.0 Å². The van der Waals surface area contributed by atoms with E-state index in [1.807, 2.05) is 20.2 Å². The van der Waals surface area contributed by atoms with Crippen LogP contribution in [0, 0.1) is 23.0 Å². The molecule has 9 heteroatoms. The van der Waals surface area contributed by atoms with Crippen LogP contribution < -0.4 is 5.32 Å². The summed E-state index contributed by atoms with van der Waals surface area (Å²) in [6.07, 6.45) is 4.34. The van der Waals surface area contributed by atoms with Crippen LogP contribution >= 0.6 is 0 Å². The number of nitro groups is 1. The van der Waals surface area contributed by atoms with Gasteiger partial charge in [0, 0.05) is 25.4 Å². The molecule has 0 aliphatic carbocycles. The molecule has 0 aliphatic rings. The number of hydrogen-bond acceptors (Lipinski definition) is 5. The molecule has 1 amide bonds. The van der Waals surface area contributed by atoms with Crippen LogP contribution in [0.3, 0.4) is 0 Å². The number of aryl methyl sites for hydroxylation is 2. The fraction of sp³-hybridized carbons (Fsp3) is 0.462. The second-order valence-corrected chi connectivity index (χ2v) is 5.21. The lowest BCUT2D eigenvalue weighted by molar-refractivity contribution is -0.385. The van der Waals surface area contributed by atoms with E-state index in [0.29, 0.717) is 6.54 Å². The number of rotatable bonds is 6. The van der Waals surface area contributed by atoms with Crippen molar-refractivity contribution in [2.75, 3.05) is 0 Å². The lowest BCUT2D eigenvalue weighted by Crippen LogP contribution is -2.31. The Morgan fingerprint density at radius 2 is 2.23 bits per heavy atom. The van der Waals surface area contributed by atoms with Crippen LogP contribution in [0.25, 0.3) is 0 Å². The molecule has 0 saturated carbocycles. The van der Waals surface area contributed by atoms with E-state index < -0.39 is 4.92 Å². The third kappa shape index (κ3) is 3.68. The Morgan fingerprint density at radius 3 is 2.77 bits per heavy atom. The Labute approximate surface area is 127 Å². The summed E-state index contributed by atoms with van der Waals surface area (Å²) in [4.78, 5) is 22.1. The smallest absolute Gasteiger partial charge is 0.306 e. The SMILES string of the molecule is Cc1nn(C)cc1CNC(=O)C(C)Cn1cc([N+](=O)[O-])cn1. The van der Waals surface area contributed by atoms with Gasteiger partial charge >= 0.3 is 5.69 Å². The number of nitrogens with zero attached hydrogens (tertiary/aromatic N) is 5. The first-order valence-corrected chi connectivity index (χ1v) is 6.80. The van der Waals surface area contributed by atoms with Crippen molar-refractivity contribution >= 4 is 11.6 Å². The highest BCUT2D eigenvalue weighted by atomic mass is 16.6. The van der Waals surface area contributed by atoms with Crippen molar-refractivity contribution in [3.8, 4) is 0 Å². The van der Waals surface area contributed by atoms with Gasteiger partial charge < -0.3 is 5.32 Å². The Bertz CT molecular complexity index is 690. The maximum Gasteiger partial charge on any atom is 0.306 e. The fourth-order valence-electron chi connectivity index (χ4n) is 2.09. The molecule has 1 N–H and O–H groups in total. The third-order valence-electron chi connectivity index (χ3n) is 3.31. The maximum atomic E-state index is 12.1. The van der Waals surface area contributed by atoms with Gasteiger partial charge in [0.05, 0.1) is 23.1 Å². The van der Waals surface area contributed by atoms with Gasteiger partial charge in [-0.1, -0.05) is 6.92 Å². The zero-order chi connectivity index (χ0) is 16.3. The van der Waals surface area contributed by atoms with Crippen molar-refractivity contribution < 1.29 is 9.72 Å². The fourth-order valence-corrected chi connectivity index (χ4v) is 2.09. The summed E-state index contributed by atoms with van der Waals surface area (Å²) >= 11 is 0. The minimum Gasteiger partial charge on any atom is -0.352 e. The third-order valence-corrected chi connectivity index (χ3v) is 3.31. The quantitative estimate of drug-likeness (QED) is 0.627. The number of nitrogens with one attached hydrogen (secondary N) is 1. The van der Waals surface area contributed by atoms with Crippen molar-refractivity contribution in [3.63, 3.8) is 0 Å². The summed E-state index contributed by atoms with van der Waals surface area (Å²) in [6.45, 7) is 4.32. The monoisotopic (exact) mass is 306 g/mol. The molecule has 2 heterocycles. The van der Waals surface area contributed by atoms with Gasteiger partial charge in [-0.15, -0.1) is 0 Å². The Morgan fingerprint density at radius 1 is 1.50 bits per heavy atom. The largest absolute Gasteiger partial charge is 0.352 e. The van der Waals surface area contributed by atoms with Gasteiger partial charge in [-0.3, -0.25) is 24.3 Å². The van der Waals surface area contributed by atoms with E-state index >= 15 is 0 Å². The molecule has 22 heavy (non-hydrogen) atoms. The molecule has 2 aromatic heterocycles. The molecule has 2 rings (SSSR count). The van der Waals surface area contributed by atoms with Gasteiger partial charge in [-0.2, -0.15) is 10.2 Å². The lowest BCUT2D eigenvalue weighted by Gasteiger charge is -2.11. The second kappa shape index (κ2) is 6.37. The van der Waals surface area contributed by atoms with E-state index in [-0.39, 0.29) is 24.1 Å². The molecule has 0 fully saturated rings. The van der Waals surface area contributed by atoms with Crippen LogP contribution in [0.4, 0.5) is 5.69 Å². The number of carbonyl (C=O) groups is 1. The minimum absolute atomic E-state index is 0.0846. The highest BCUT2D eigenvalue weighted by Crippen LogP contribution is 2.10. The zero-order valence-electron chi connectivity index (χ0n) is 12.7. The number of amides is 1. The van der Waals surface area contributed by atoms with E-state index in [4.69, 9.17) is 0 Å². The average molecular weight is 306 g/mol. The summed E-state index contributed by atoms with van der Waals surface area (Å²) in [6, 6.07) is 0. The van der Waals surface area contributed by atoms with Gasteiger partial charge in [0.2, 0.25) is 5.91 Å². The molecule has 0 saturated heterocycles. The molecule has 0 aromatic carbocycles. The Hall–Kier alpha value is -2.71. The van der Waals surface area contributed by atoms with Crippen LogP contribution in [-0.2, 0) is 24.9 Å². The van der Waals surface area contributed by atoms with Gasteiger partial charge in [0.25, 0.3) is 0 Å². The normalized spacial score (nSPS) is 12.1. The summed E-state index contributed by atoms with van der Waals surface area (Å²) in [5.41, 5.74) is 1.74. The molecule has 1 atom stereocenters. The van der Waals surface area contributed by atoms with Crippen LogP contribution in [0.15, 0.2) is 18.6 Å². The summed E-state index contributed by atoms with van der Waals surface area (Å²) in [7, 11) is 1.82. The molecule has 0 radical (unpaired) electrons. The van der Waals surface area contributed by atoms with E-state index in [2.05, 4.69) is 15.5 Å². The van der Waals surface area contributed by atoms with Crippen LogP contribution in [-0.4, -0.2) is 30.4 Å². The van der Waals surface area contributed by atoms with Crippen molar-refractivity contribution in [1.82, 2.24) is 24.9 Å². The van der Waals surface area contributed by atoms with Crippen LogP contribution in [0.5, 0.6) is 0 Å². The van der Waals surface area contributed by atoms with Gasteiger partial charge in [-0.05, 0) is 6.92 Å². The standard InChI is InChI=1S/C13H18N6O3/c1-9(6-18-8-12(5-15-18)19(21)22)13(20)14-4-11-7-17(3)16-10(11)2/h5,7-9H,4,6H2,1-3H3,(H,14,20). The zero-order valence-corrected chi connectivity index (χ0v) is 12.7. The highest BCUT2D eigenvalue weighted by Gasteiger charge is 2.16. The summed E-state index contributed by atoms with van der Waals surface area (Å²) < 4.78 is 3.10.